The Morgan fingerprint density at radius 2 is 1.88 bits per heavy atom. The van der Waals surface area contributed by atoms with Crippen molar-refractivity contribution in [2.75, 3.05) is 5.73 Å². The van der Waals surface area contributed by atoms with Crippen molar-refractivity contribution in [2.24, 2.45) is 5.73 Å². The van der Waals surface area contributed by atoms with Gasteiger partial charge in [-0.2, -0.15) is 0 Å². The fraction of sp³-hybridized carbons (Fsp3) is 0.333. The van der Waals surface area contributed by atoms with Crippen molar-refractivity contribution >= 4 is 49.1 Å². The van der Waals surface area contributed by atoms with Crippen LogP contribution < -0.4 is 11.5 Å². The number of anilines is 1. The number of nitrogens with zero attached hydrogens (tertiary/aromatic N) is 2. The lowest BCUT2D eigenvalue weighted by Crippen LogP contribution is -2.12. The Morgan fingerprint density at radius 3 is 2.31 bits per heavy atom. The van der Waals surface area contributed by atoms with Gasteiger partial charge in [0, 0.05) is 6.04 Å². The molecule has 0 spiro atoms. The van der Waals surface area contributed by atoms with Crippen LogP contribution in [0.3, 0.4) is 0 Å². The molecule has 0 saturated heterocycles. The average molecular weight is 288 g/mol. The molecule has 0 aliphatic rings. The summed E-state index contributed by atoms with van der Waals surface area (Å²) in [4.78, 5) is 7.97. The van der Waals surface area contributed by atoms with E-state index in [2.05, 4.69) is 9.97 Å². The molecule has 16 heavy (non-hydrogen) atoms. The summed E-state index contributed by atoms with van der Waals surface area (Å²) in [6.45, 7) is 1.96. The minimum absolute atomic E-state index is 0. The highest BCUT2D eigenvalue weighted by atomic mass is 35.5. The standard InChI is InChI=1S/C9H14N4.3ClH/c1-7(10)3-2-4-8-5-13-9(11)6-12-8;;;/h2,4-7H,3,10H2,1H3,(H2,11,13);3*1H/b4-2+;;;/t7-;;;/m0.../s1. The maximum Gasteiger partial charge on any atom is 0.141 e. The minimum Gasteiger partial charge on any atom is -0.382 e. The Morgan fingerprint density at radius 1 is 1.25 bits per heavy atom. The molecule has 4 N–H and O–H groups in total. The molecule has 0 amide bonds. The molecule has 0 aliphatic heterocycles. The van der Waals surface area contributed by atoms with Gasteiger partial charge in [-0.3, -0.25) is 4.98 Å². The van der Waals surface area contributed by atoms with Crippen molar-refractivity contribution in [1.82, 2.24) is 9.97 Å². The van der Waals surface area contributed by atoms with Crippen LogP contribution in [0.4, 0.5) is 5.82 Å². The van der Waals surface area contributed by atoms with E-state index in [1.54, 1.807) is 6.20 Å². The van der Waals surface area contributed by atoms with Crippen LogP contribution in [0.1, 0.15) is 19.0 Å². The van der Waals surface area contributed by atoms with E-state index in [-0.39, 0.29) is 43.3 Å². The van der Waals surface area contributed by atoms with E-state index in [0.29, 0.717) is 5.82 Å². The van der Waals surface area contributed by atoms with E-state index in [0.717, 1.165) is 12.1 Å². The summed E-state index contributed by atoms with van der Waals surface area (Å²) in [5.74, 6) is 0.435. The molecule has 1 rings (SSSR count). The van der Waals surface area contributed by atoms with Gasteiger partial charge in [0.05, 0.1) is 18.1 Å². The molecule has 0 aromatic carbocycles. The van der Waals surface area contributed by atoms with E-state index in [9.17, 15) is 0 Å². The molecule has 0 saturated carbocycles. The molecule has 1 aromatic heterocycles. The summed E-state index contributed by atoms with van der Waals surface area (Å²) in [7, 11) is 0. The minimum atomic E-state index is 0. The van der Waals surface area contributed by atoms with Gasteiger partial charge in [-0.05, 0) is 19.4 Å². The van der Waals surface area contributed by atoms with Crippen LogP contribution in [0.25, 0.3) is 6.08 Å². The first-order valence-electron chi connectivity index (χ1n) is 4.18. The highest BCUT2D eigenvalue weighted by Gasteiger charge is 1.90. The van der Waals surface area contributed by atoms with Crippen LogP contribution >= 0.6 is 37.2 Å². The normalized spacial score (nSPS) is 10.9. The Bertz CT molecular complexity index is 287. The molecule has 1 aromatic rings. The molecule has 0 radical (unpaired) electrons. The third kappa shape index (κ3) is 8.73. The molecule has 0 unspecified atom stereocenters. The highest BCUT2D eigenvalue weighted by Crippen LogP contribution is 2.00. The van der Waals surface area contributed by atoms with Crippen molar-refractivity contribution in [3.05, 3.63) is 24.2 Å². The van der Waals surface area contributed by atoms with Crippen molar-refractivity contribution in [1.29, 1.82) is 0 Å². The van der Waals surface area contributed by atoms with Crippen LogP contribution in [0.2, 0.25) is 0 Å². The number of aromatic nitrogens is 2. The molecule has 7 heteroatoms. The first-order valence-corrected chi connectivity index (χ1v) is 4.18. The fourth-order valence-electron chi connectivity index (χ4n) is 0.838. The van der Waals surface area contributed by atoms with Crippen LogP contribution in [-0.4, -0.2) is 16.0 Å². The number of nitrogen functional groups attached to an aromatic ring is 1. The first-order chi connectivity index (χ1) is 6.18. The predicted octanol–water partition coefficient (Wildman–Crippen LogP) is 2.07. The molecule has 0 aliphatic carbocycles. The van der Waals surface area contributed by atoms with Crippen molar-refractivity contribution in [3.8, 4) is 0 Å². The fourth-order valence-corrected chi connectivity index (χ4v) is 0.838. The zero-order chi connectivity index (χ0) is 9.68. The second-order valence-corrected chi connectivity index (χ2v) is 2.98. The van der Waals surface area contributed by atoms with Gasteiger partial charge < -0.3 is 11.5 Å². The smallest absolute Gasteiger partial charge is 0.141 e. The Kier molecular flexibility index (Phi) is 14.2. The van der Waals surface area contributed by atoms with Crippen molar-refractivity contribution in [2.45, 2.75) is 19.4 Å². The Labute approximate surface area is 114 Å². The largest absolute Gasteiger partial charge is 0.382 e. The lowest BCUT2D eigenvalue weighted by atomic mass is 10.2. The Balaban J connectivity index is -0.000000563. The molecular weight excluding hydrogens is 270 g/mol. The zero-order valence-electron chi connectivity index (χ0n) is 8.87. The van der Waals surface area contributed by atoms with Gasteiger partial charge >= 0.3 is 0 Å². The lowest BCUT2D eigenvalue weighted by molar-refractivity contribution is 0.759. The molecular formula is C9H17Cl3N4. The second kappa shape index (κ2) is 11.0. The van der Waals surface area contributed by atoms with E-state index < -0.39 is 0 Å². The SMILES string of the molecule is C[C@H](N)C/C=C/c1cnc(N)cn1.Cl.Cl.Cl. The molecule has 1 atom stereocenters. The molecule has 1 heterocycles. The van der Waals surface area contributed by atoms with Gasteiger partial charge in [-0.1, -0.05) is 6.08 Å². The lowest BCUT2D eigenvalue weighted by Gasteiger charge is -1.97. The van der Waals surface area contributed by atoms with Gasteiger partial charge in [0.1, 0.15) is 5.82 Å². The van der Waals surface area contributed by atoms with Crippen molar-refractivity contribution < 1.29 is 0 Å². The van der Waals surface area contributed by atoms with E-state index in [1.807, 2.05) is 19.1 Å². The zero-order valence-corrected chi connectivity index (χ0v) is 11.3. The average Bonchev–Trinajstić information content (AvgIpc) is 2.08. The van der Waals surface area contributed by atoms with Crippen LogP contribution in [0, 0.1) is 0 Å². The van der Waals surface area contributed by atoms with E-state index in [4.69, 9.17) is 11.5 Å². The number of hydrogen-bond donors (Lipinski definition) is 2. The second-order valence-electron chi connectivity index (χ2n) is 2.98. The van der Waals surface area contributed by atoms with Crippen LogP contribution in [0.5, 0.6) is 0 Å². The van der Waals surface area contributed by atoms with Gasteiger partial charge in [-0.25, -0.2) is 4.98 Å². The topological polar surface area (TPSA) is 77.8 Å². The van der Waals surface area contributed by atoms with Gasteiger partial charge in [0.25, 0.3) is 0 Å². The monoisotopic (exact) mass is 286 g/mol. The van der Waals surface area contributed by atoms with Crippen LogP contribution in [-0.2, 0) is 0 Å². The maximum absolute atomic E-state index is 5.57. The molecule has 0 bridgehead atoms. The predicted molar refractivity (Wildman–Crippen MR) is 75.5 cm³/mol. The summed E-state index contributed by atoms with van der Waals surface area (Å²) in [5, 5.41) is 0. The third-order valence-corrected chi connectivity index (χ3v) is 1.49. The van der Waals surface area contributed by atoms with E-state index >= 15 is 0 Å². The molecule has 4 nitrogen and oxygen atoms in total. The van der Waals surface area contributed by atoms with Gasteiger partial charge in [0.15, 0.2) is 0 Å². The number of hydrogen-bond acceptors (Lipinski definition) is 4. The summed E-state index contributed by atoms with van der Waals surface area (Å²) in [6, 6.07) is 0.179. The molecule has 0 fully saturated rings. The summed E-state index contributed by atoms with van der Waals surface area (Å²) >= 11 is 0. The highest BCUT2D eigenvalue weighted by molar-refractivity contribution is 5.86. The number of rotatable bonds is 3. The number of halogens is 3. The quantitative estimate of drug-likeness (QED) is 0.892. The van der Waals surface area contributed by atoms with Crippen LogP contribution in [0.15, 0.2) is 18.5 Å². The molecule has 94 valence electrons. The first kappa shape index (κ1) is 20.8. The van der Waals surface area contributed by atoms with Gasteiger partial charge in [0.2, 0.25) is 0 Å². The van der Waals surface area contributed by atoms with E-state index in [1.165, 1.54) is 6.20 Å². The number of nitrogens with two attached hydrogens (primary N) is 2. The summed E-state index contributed by atoms with van der Waals surface area (Å²) < 4.78 is 0. The van der Waals surface area contributed by atoms with Gasteiger partial charge in [-0.15, -0.1) is 37.2 Å². The summed E-state index contributed by atoms with van der Waals surface area (Å²) in [6.07, 6.45) is 7.87. The Hall–Kier alpha value is -0.550. The summed E-state index contributed by atoms with van der Waals surface area (Å²) in [5.41, 5.74) is 11.8. The van der Waals surface area contributed by atoms with Crippen molar-refractivity contribution in [3.63, 3.8) is 0 Å². The maximum atomic E-state index is 5.57. The third-order valence-electron chi connectivity index (χ3n) is 1.49.